The number of nitrogens with zero attached hydrogens (tertiary/aromatic N) is 4. The van der Waals surface area contributed by atoms with Gasteiger partial charge in [-0.1, -0.05) is 12.1 Å². The van der Waals surface area contributed by atoms with E-state index in [0.717, 1.165) is 50.1 Å². The molecule has 0 atom stereocenters. The molecule has 9 heteroatoms. The summed E-state index contributed by atoms with van der Waals surface area (Å²) in [5.74, 6) is 1.50. The third-order valence-corrected chi connectivity index (χ3v) is 4.86. The fourth-order valence-electron chi connectivity index (χ4n) is 3.41. The molecule has 3 rings (SSSR count). The lowest BCUT2D eigenvalue weighted by Gasteiger charge is -2.38. The minimum Gasteiger partial charge on any atom is -0.495 e. The van der Waals surface area contributed by atoms with E-state index in [1.54, 1.807) is 7.11 Å². The number of carbonyl (C=O) groups is 2. The molecule has 2 heterocycles. The molecule has 2 fully saturated rings. The first-order chi connectivity index (χ1) is 13.6. The largest absolute Gasteiger partial charge is 0.495 e. The second kappa shape index (κ2) is 9.29. The van der Waals surface area contributed by atoms with Crippen molar-refractivity contribution in [2.75, 3.05) is 64.4 Å². The number of para-hydroxylation sites is 2. The molecule has 2 N–H and O–H groups in total. The Kier molecular flexibility index (Phi) is 6.57. The van der Waals surface area contributed by atoms with Crippen LogP contribution < -0.4 is 20.3 Å². The Bertz CT molecular complexity index is 714. The van der Waals surface area contributed by atoms with Crippen molar-refractivity contribution < 1.29 is 14.3 Å². The molecule has 152 valence electrons. The molecular formula is C19H28N6O3. The predicted octanol–water partition coefficient (Wildman–Crippen LogP) is 0.335. The number of benzene rings is 1. The lowest BCUT2D eigenvalue weighted by molar-refractivity contribution is -0.124. The fourth-order valence-corrected chi connectivity index (χ4v) is 3.41. The maximum absolute atomic E-state index is 11.7. The number of guanidine groups is 1. The van der Waals surface area contributed by atoms with Crippen molar-refractivity contribution in [2.24, 2.45) is 4.99 Å². The minimum absolute atomic E-state index is 0.0769. The zero-order valence-electron chi connectivity index (χ0n) is 16.5. The van der Waals surface area contributed by atoms with Gasteiger partial charge in [0.05, 0.1) is 32.4 Å². The number of carbonyl (C=O) groups excluding carboxylic acids is 2. The number of amides is 3. The van der Waals surface area contributed by atoms with E-state index < -0.39 is 0 Å². The van der Waals surface area contributed by atoms with Crippen LogP contribution >= 0.6 is 0 Å². The second-order valence-electron chi connectivity index (χ2n) is 6.59. The molecule has 0 aliphatic carbocycles. The maximum atomic E-state index is 11.7. The van der Waals surface area contributed by atoms with E-state index in [4.69, 9.17) is 4.74 Å². The zero-order chi connectivity index (χ0) is 19.9. The van der Waals surface area contributed by atoms with E-state index in [9.17, 15) is 9.59 Å². The number of hydrogen-bond acceptors (Lipinski definition) is 5. The van der Waals surface area contributed by atoms with Gasteiger partial charge in [-0.15, -0.1) is 0 Å². The highest BCUT2D eigenvalue weighted by Crippen LogP contribution is 2.28. The standard InChI is InChI=1S/C19H28N6O3/c1-3-20-18(21-8-9-25-17(26)14-22-19(25)27)24-12-10-23(11-13-24)15-6-4-5-7-16(15)28-2/h4-7H,3,8-14H2,1-2H3,(H,20,21)(H,22,27). The number of imide groups is 1. The van der Waals surface area contributed by atoms with Crippen LogP contribution in [0.25, 0.3) is 0 Å². The summed E-state index contributed by atoms with van der Waals surface area (Å²) in [7, 11) is 1.69. The summed E-state index contributed by atoms with van der Waals surface area (Å²) >= 11 is 0. The summed E-state index contributed by atoms with van der Waals surface area (Å²) in [6, 6.07) is 7.70. The smallest absolute Gasteiger partial charge is 0.324 e. The van der Waals surface area contributed by atoms with Crippen LogP contribution in [-0.2, 0) is 4.79 Å². The number of urea groups is 1. The van der Waals surface area contributed by atoms with Crippen LogP contribution in [-0.4, -0.2) is 87.2 Å². The summed E-state index contributed by atoms with van der Waals surface area (Å²) in [4.78, 5) is 33.6. The van der Waals surface area contributed by atoms with Crippen molar-refractivity contribution >= 4 is 23.6 Å². The molecule has 1 aromatic rings. The van der Waals surface area contributed by atoms with E-state index in [-0.39, 0.29) is 18.5 Å². The Labute approximate surface area is 165 Å². The third-order valence-electron chi connectivity index (χ3n) is 4.86. The highest BCUT2D eigenvalue weighted by atomic mass is 16.5. The molecule has 0 radical (unpaired) electrons. The molecule has 0 bridgehead atoms. The third kappa shape index (κ3) is 4.47. The molecule has 2 aliphatic heterocycles. The van der Waals surface area contributed by atoms with Crippen LogP contribution in [0.5, 0.6) is 5.75 Å². The van der Waals surface area contributed by atoms with Crippen LogP contribution in [0.4, 0.5) is 10.5 Å². The van der Waals surface area contributed by atoms with Gasteiger partial charge in [-0.05, 0) is 19.1 Å². The Hall–Kier alpha value is -2.97. The highest BCUT2D eigenvalue weighted by molar-refractivity contribution is 6.01. The van der Waals surface area contributed by atoms with Crippen molar-refractivity contribution in [3.63, 3.8) is 0 Å². The van der Waals surface area contributed by atoms with Gasteiger partial charge in [-0.3, -0.25) is 14.7 Å². The number of methoxy groups -OCH3 is 1. The normalized spacial score (nSPS) is 17.8. The van der Waals surface area contributed by atoms with E-state index in [0.29, 0.717) is 13.1 Å². The number of hydrogen-bond donors (Lipinski definition) is 2. The lowest BCUT2D eigenvalue weighted by Crippen LogP contribution is -2.52. The van der Waals surface area contributed by atoms with Crippen molar-refractivity contribution in [3.05, 3.63) is 24.3 Å². The summed E-state index contributed by atoms with van der Waals surface area (Å²) in [5, 5.41) is 5.83. The summed E-state index contributed by atoms with van der Waals surface area (Å²) in [6.45, 7) is 6.91. The minimum atomic E-state index is -0.337. The first-order valence-electron chi connectivity index (χ1n) is 9.63. The van der Waals surface area contributed by atoms with Crippen molar-refractivity contribution in [2.45, 2.75) is 6.92 Å². The van der Waals surface area contributed by atoms with Gasteiger partial charge in [-0.25, -0.2) is 4.79 Å². The monoisotopic (exact) mass is 388 g/mol. The number of anilines is 1. The molecule has 28 heavy (non-hydrogen) atoms. The molecule has 0 spiro atoms. The SMILES string of the molecule is CCNC(=NCCN1C(=O)CNC1=O)N1CCN(c2ccccc2OC)CC1. The maximum Gasteiger partial charge on any atom is 0.324 e. The van der Waals surface area contributed by atoms with Crippen LogP contribution in [0.3, 0.4) is 0 Å². The van der Waals surface area contributed by atoms with Gasteiger partial charge in [0.2, 0.25) is 5.91 Å². The van der Waals surface area contributed by atoms with Gasteiger partial charge in [0.1, 0.15) is 5.75 Å². The van der Waals surface area contributed by atoms with Gasteiger partial charge >= 0.3 is 6.03 Å². The van der Waals surface area contributed by atoms with Crippen LogP contribution in [0.15, 0.2) is 29.3 Å². The Morgan fingerprint density at radius 3 is 2.61 bits per heavy atom. The van der Waals surface area contributed by atoms with Gasteiger partial charge < -0.3 is 25.2 Å². The first kappa shape index (κ1) is 19.8. The topological polar surface area (TPSA) is 89.5 Å². The Morgan fingerprint density at radius 1 is 1.21 bits per heavy atom. The van der Waals surface area contributed by atoms with Crippen LogP contribution in [0, 0.1) is 0 Å². The molecule has 0 saturated carbocycles. The number of ether oxygens (including phenoxy) is 1. The molecule has 2 aliphatic rings. The van der Waals surface area contributed by atoms with E-state index >= 15 is 0 Å². The second-order valence-corrected chi connectivity index (χ2v) is 6.59. The molecule has 2 saturated heterocycles. The van der Waals surface area contributed by atoms with Crippen LogP contribution in [0.1, 0.15) is 6.92 Å². The average Bonchev–Trinajstić information content (AvgIpc) is 3.05. The molecule has 3 amide bonds. The van der Waals surface area contributed by atoms with Gasteiger partial charge in [-0.2, -0.15) is 0 Å². The van der Waals surface area contributed by atoms with Crippen molar-refractivity contribution in [1.82, 2.24) is 20.4 Å². The lowest BCUT2D eigenvalue weighted by atomic mass is 10.2. The molecule has 1 aromatic carbocycles. The summed E-state index contributed by atoms with van der Waals surface area (Å²) in [6.07, 6.45) is 0. The number of aliphatic imine (C=N–C) groups is 1. The van der Waals surface area contributed by atoms with Gasteiger partial charge in [0.25, 0.3) is 0 Å². The summed E-state index contributed by atoms with van der Waals surface area (Å²) in [5.41, 5.74) is 1.10. The van der Waals surface area contributed by atoms with E-state index in [2.05, 4.69) is 31.5 Å². The molecular weight excluding hydrogens is 360 g/mol. The number of rotatable bonds is 6. The van der Waals surface area contributed by atoms with Gasteiger partial charge in [0, 0.05) is 32.7 Å². The van der Waals surface area contributed by atoms with Gasteiger partial charge in [0.15, 0.2) is 5.96 Å². The number of nitrogens with one attached hydrogen (secondary N) is 2. The Morgan fingerprint density at radius 2 is 1.96 bits per heavy atom. The fraction of sp³-hybridized carbons (Fsp3) is 0.526. The number of piperazine rings is 1. The molecule has 9 nitrogen and oxygen atoms in total. The van der Waals surface area contributed by atoms with Crippen molar-refractivity contribution in [1.29, 1.82) is 0 Å². The average molecular weight is 388 g/mol. The van der Waals surface area contributed by atoms with E-state index in [1.807, 2.05) is 25.1 Å². The molecule has 0 aromatic heterocycles. The predicted molar refractivity (Wildman–Crippen MR) is 108 cm³/mol. The Balaban J connectivity index is 1.58. The van der Waals surface area contributed by atoms with Crippen LogP contribution in [0.2, 0.25) is 0 Å². The van der Waals surface area contributed by atoms with E-state index in [1.165, 1.54) is 4.90 Å². The van der Waals surface area contributed by atoms with Crippen molar-refractivity contribution in [3.8, 4) is 5.75 Å². The quantitative estimate of drug-likeness (QED) is 0.415. The highest BCUT2D eigenvalue weighted by Gasteiger charge is 2.28. The first-order valence-corrected chi connectivity index (χ1v) is 9.63. The molecule has 0 unspecified atom stereocenters. The summed E-state index contributed by atoms with van der Waals surface area (Å²) < 4.78 is 5.47. The zero-order valence-corrected chi connectivity index (χ0v) is 16.5.